The normalized spacial score (nSPS) is 10.9. The maximum Gasteiger partial charge on any atom is 0.0628 e. The summed E-state index contributed by atoms with van der Waals surface area (Å²) in [6.45, 7) is 8.20. The van der Waals surface area contributed by atoms with E-state index in [1.165, 1.54) is 17.0 Å². The highest BCUT2D eigenvalue weighted by Gasteiger charge is 2.09. The van der Waals surface area contributed by atoms with Gasteiger partial charge in [0.05, 0.1) is 5.69 Å². The second kappa shape index (κ2) is 5.15. The first-order valence-electron chi connectivity index (χ1n) is 5.43. The molecule has 3 nitrogen and oxygen atoms in total. The third-order valence-corrected chi connectivity index (χ3v) is 2.60. The molecule has 1 rings (SSSR count). The zero-order chi connectivity index (χ0) is 10.6. The van der Waals surface area contributed by atoms with Crippen LogP contribution in [0.15, 0.2) is 0 Å². The number of aromatic nitrogens is 2. The van der Waals surface area contributed by atoms with Gasteiger partial charge in [0.1, 0.15) is 0 Å². The molecule has 0 amide bonds. The van der Waals surface area contributed by atoms with Crippen molar-refractivity contribution >= 4 is 0 Å². The molecule has 0 spiro atoms. The van der Waals surface area contributed by atoms with Gasteiger partial charge in [0.25, 0.3) is 0 Å². The quantitative estimate of drug-likeness (QED) is 0.778. The minimum atomic E-state index is 0.762. The van der Waals surface area contributed by atoms with E-state index in [9.17, 15) is 0 Å². The molecular weight excluding hydrogens is 174 g/mol. The van der Waals surface area contributed by atoms with E-state index >= 15 is 0 Å². The van der Waals surface area contributed by atoms with Gasteiger partial charge < -0.3 is 5.73 Å². The van der Waals surface area contributed by atoms with Crippen LogP contribution in [0.5, 0.6) is 0 Å². The van der Waals surface area contributed by atoms with Crippen molar-refractivity contribution in [3.8, 4) is 0 Å². The molecule has 2 N–H and O–H groups in total. The molecule has 1 aromatic rings. The summed E-state index contributed by atoms with van der Waals surface area (Å²) in [5, 5.41) is 4.53. The number of aryl methyl sites for hydroxylation is 2. The summed E-state index contributed by atoms with van der Waals surface area (Å²) in [5.74, 6) is 0. The number of nitrogens with zero attached hydrogens (tertiary/aromatic N) is 2. The maximum absolute atomic E-state index is 5.51. The van der Waals surface area contributed by atoms with Crippen molar-refractivity contribution in [2.24, 2.45) is 5.73 Å². The molecular formula is C11H21N3. The van der Waals surface area contributed by atoms with Crippen LogP contribution in [0.4, 0.5) is 0 Å². The topological polar surface area (TPSA) is 43.8 Å². The highest BCUT2D eigenvalue weighted by Crippen LogP contribution is 2.15. The lowest BCUT2D eigenvalue weighted by molar-refractivity contribution is 0.582. The summed E-state index contributed by atoms with van der Waals surface area (Å²) in [6, 6.07) is 0. The molecule has 0 saturated carbocycles. The fourth-order valence-corrected chi connectivity index (χ4v) is 1.80. The van der Waals surface area contributed by atoms with Crippen molar-refractivity contribution in [2.45, 2.75) is 46.6 Å². The van der Waals surface area contributed by atoms with Crippen molar-refractivity contribution in [3.05, 3.63) is 17.0 Å². The highest BCUT2D eigenvalue weighted by atomic mass is 15.3. The summed E-state index contributed by atoms with van der Waals surface area (Å²) >= 11 is 0. The molecule has 0 aliphatic rings. The predicted octanol–water partition coefficient (Wildman–Crippen LogP) is 1.80. The van der Waals surface area contributed by atoms with Gasteiger partial charge in [-0.1, -0.05) is 6.92 Å². The standard InChI is InChI=1S/C11H21N3/c1-4-8-14-10(3)11(6-5-7-12)9(2)13-14/h4-8,12H2,1-3H3. The molecule has 14 heavy (non-hydrogen) atoms. The molecule has 1 aromatic heterocycles. The van der Waals surface area contributed by atoms with Crippen LogP contribution in [0.25, 0.3) is 0 Å². The van der Waals surface area contributed by atoms with E-state index in [0.717, 1.165) is 32.4 Å². The Hall–Kier alpha value is -0.830. The van der Waals surface area contributed by atoms with E-state index in [1.807, 2.05) is 0 Å². The Labute approximate surface area is 86.3 Å². The molecule has 0 aromatic carbocycles. The summed E-state index contributed by atoms with van der Waals surface area (Å²) in [5.41, 5.74) is 9.40. The molecule has 0 radical (unpaired) electrons. The van der Waals surface area contributed by atoms with Crippen molar-refractivity contribution in [1.82, 2.24) is 9.78 Å². The molecule has 0 saturated heterocycles. The Morgan fingerprint density at radius 2 is 2.07 bits per heavy atom. The van der Waals surface area contributed by atoms with Crippen LogP contribution in [0.3, 0.4) is 0 Å². The monoisotopic (exact) mass is 195 g/mol. The Balaban J connectivity index is 2.81. The molecule has 0 aliphatic carbocycles. The molecule has 0 atom stereocenters. The smallest absolute Gasteiger partial charge is 0.0628 e. The molecule has 0 aliphatic heterocycles. The second-order valence-electron chi connectivity index (χ2n) is 3.76. The fraction of sp³-hybridized carbons (Fsp3) is 0.727. The number of hydrogen-bond acceptors (Lipinski definition) is 2. The van der Waals surface area contributed by atoms with Crippen LogP contribution >= 0.6 is 0 Å². The molecule has 80 valence electrons. The summed E-state index contributed by atoms with van der Waals surface area (Å²) in [6.07, 6.45) is 3.26. The fourth-order valence-electron chi connectivity index (χ4n) is 1.80. The summed E-state index contributed by atoms with van der Waals surface area (Å²) in [7, 11) is 0. The predicted molar refractivity (Wildman–Crippen MR) is 59.4 cm³/mol. The van der Waals surface area contributed by atoms with Crippen LogP contribution in [-0.4, -0.2) is 16.3 Å². The van der Waals surface area contributed by atoms with Crippen LogP contribution in [0.2, 0.25) is 0 Å². The first kappa shape index (κ1) is 11.2. The number of nitrogens with two attached hydrogens (primary N) is 1. The van der Waals surface area contributed by atoms with Crippen LogP contribution in [-0.2, 0) is 13.0 Å². The van der Waals surface area contributed by atoms with Crippen molar-refractivity contribution in [2.75, 3.05) is 6.54 Å². The zero-order valence-electron chi connectivity index (χ0n) is 9.51. The average Bonchev–Trinajstić information content (AvgIpc) is 2.41. The SMILES string of the molecule is CCCn1nc(C)c(CCCN)c1C. The van der Waals surface area contributed by atoms with E-state index in [2.05, 4.69) is 30.6 Å². The van der Waals surface area contributed by atoms with Crippen LogP contribution < -0.4 is 5.73 Å². The lowest BCUT2D eigenvalue weighted by Gasteiger charge is -2.02. The van der Waals surface area contributed by atoms with E-state index in [0.29, 0.717) is 0 Å². The zero-order valence-corrected chi connectivity index (χ0v) is 9.51. The average molecular weight is 195 g/mol. The van der Waals surface area contributed by atoms with E-state index in [-0.39, 0.29) is 0 Å². The van der Waals surface area contributed by atoms with E-state index in [4.69, 9.17) is 5.73 Å². The molecule has 1 heterocycles. The Bertz CT molecular complexity index is 289. The van der Waals surface area contributed by atoms with Crippen LogP contribution in [0, 0.1) is 13.8 Å². The van der Waals surface area contributed by atoms with Gasteiger partial charge in [-0.05, 0) is 45.2 Å². The number of hydrogen-bond donors (Lipinski definition) is 1. The second-order valence-corrected chi connectivity index (χ2v) is 3.76. The summed E-state index contributed by atoms with van der Waals surface area (Å²) < 4.78 is 2.11. The van der Waals surface area contributed by atoms with Gasteiger partial charge in [0.2, 0.25) is 0 Å². The van der Waals surface area contributed by atoms with Crippen molar-refractivity contribution in [1.29, 1.82) is 0 Å². The third kappa shape index (κ3) is 2.35. The van der Waals surface area contributed by atoms with Gasteiger partial charge in [-0.3, -0.25) is 4.68 Å². The van der Waals surface area contributed by atoms with Crippen LogP contribution in [0.1, 0.15) is 36.7 Å². The Morgan fingerprint density at radius 1 is 1.36 bits per heavy atom. The lowest BCUT2D eigenvalue weighted by atomic mass is 10.1. The Kier molecular flexibility index (Phi) is 4.14. The van der Waals surface area contributed by atoms with Crippen molar-refractivity contribution in [3.63, 3.8) is 0 Å². The molecule has 0 fully saturated rings. The van der Waals surface area contributed by atoms with Gasteiger partial charge in [0.15, 0.2) is 0 Å². The van der Waals surface area contributed by atoms with E-state index < -0.39 is 0 Å². The van der Waals surface area contributed by atoms with Crippen molar-refractivity contribution < 1.29 is 0 Å². The van der Waals surface area contributed by atoms with Gasteiger partial charge in [-0.15, -0.1) is 0 Å². The largest absolute Gasteiger partial charge is 0.330 e. The van der Waals surface area contributed by atoms with Gasteiger partial charge in [0, 0.05) is 12.2 Å². The lowest BCUT2D eigenvalue weighted by Crippen LogP contribution is -2.03. The molecule has 0 bridgehead atoms. The minimum Gasteiger partial charge on any atom is -0.330 e. The molecule has 3 heteroatoms. The first-order chi connectivity index (χ1) is 6.70. The maximum atomic E-state index is 5.51. The first-order valence-corrected chi connectivity index (χ1v) is 5.43. The molecule has 0 unspecified atom stereocenters. The highest BCUT2D eigenvalue weighted by molar-refractivity contribution is 5.24. The minimum absolute atomic E-state index is 0.762. The summed E-state index contributed by atoms with van der Waals surface area (Å²) in [4.78, 5) is 0. The van der Waals surface area contributed by atoms with Gasteiger partial charge in [-0.2, -0.15) is 5.10 Å². The van der Waals surface area contributed by atoms with Gasteiger partial charge >= 0.3 is 0 Å². The third-order valence-electron chi connectivity index (χ3n) is 2.60. The van der Waals surface area contributed by atoms with Gasteiger partial charge in [-0.25, -0.2) is 0 Å². The number of rotatable bonds is 5. The van der Waals surface area contributed by atoms with E-state index in [1.54, 1.807) is 0 Å². The Morgan fingerprint density at radius 3 is 2.64 bits per heavy atom.